The first kappa shape index (κ1) is 23.2. The summed E-state index contributed by atoms with van der Waals surface area (Å²) in [5.74, 6) is 2.13. The van der Waals surface area contributed by atoms with Gasteiger partial charge in [-0.3, -0.25) is 4.98 Å². The van der Waals surface area contributed by atoms with Crippen LogP contribution in [-0.2, 0) is 4.74 Å². The Bertz CT molecular complexity index is 1130. The second-order valence-electron chi connectivity index (χ2n) is 8.95. The van der Waals surface area contributed by atoms with Crippen LogP contribution in [0.3, 0.4) is 0 Å². The van der Waals surface area contributed by atoms with Gasteiger partial charge < -0.3 is 25.2 Å². The van der Waals surface area contributed by atoms with E-state index in [2.05, 4.69) is 30.5 Å². The van der Waals surface area contributed by atoms with Crippen LogP contribution in [0.25, 0.3) is 11.3 Å². The lowest BCUT2D eigenvalue weighted by atomic mass is 10.1. The van der Waals surface area contributed by atoms with Crippen molar-refractivity contribution in [3.63, 3.8) is 0 Å². The van der Waals surface area contributed by atoms with Gasteiger partial charge in [0.15, 0.2) is 0 Å². The fourth-order valence-corrected chi connectivity index (χ4v) is 3.58. The van der Waals surface area contributed by atoms with Gasteiger partial charge in [0.1, 0.15) is 23.1 Å². The van der Waals surface area contributed by atoms with E-state index >= 15 is 0 Å². The van der Waals surface area contributed by atoms with E-state index in [0.29, 0.717) is 37.8 Å². The molecule has 4 rings (SSSR count). The van der Waals surface area contributed by atoms with Gasteiger partial charge in [-0.2, -0.15) is 0 Å². The van der Waals surface area contributed by atoms with E-state index in [1.165, 1.54) is 0 Å². The second kappa shape index (κ2) is 9.90. The van der Waals surface area contributed by atoms with Crippen LogP contribution in [-0.4, -0.2) is 69.8 Å². The number of pyridine rings is 2. The van der Waals surface area contributed by atoms with Crippen LogP contribution in [0.1, 0.15) is 20.8 Å². The number of nitrogens with zero attached hydrogens (tertiary/aromatic N) is 6. The maximum absolute atomic E-state index is 12.4. The van der Waals surface area contributed by atoms with Crippen LogP contribution in [0.15, 0.2) is 49.1 Å². The number of aromatic nitrogens is 4. The van der Waals surface area contributed by atoms with Crippen LogP contribution >= 0.6 is 0 Å². The number of nitrogens with one attached hydrogen (secondary N) is 2. The molecule has 0 aromatic carbocycles. The number of piperazine rings is 1. The zero-order valence-corrected chi connectivity index (χ0v) is 19.9. The van der Waals surface area contributed by atoms with Gasteiger partial charge in [0.2, 0.25) is 0 Å². The molecule has 1 fully saturated rings. The van der Waals surface area contributed by atoms with E-state index in [4.69, 9.17) is 9.72 Å². The molecule has 3 aromatic rings. The Morgan fingerprint density at radius 1 is 1.00 bits per heavy atom. The number of amides is 1. The minimum Gasteiger partial charge on any atom is -0.444 e. The van der Waals surface area contributed by atoms with Gasteiger partial charge in [0, 0.05) is 69.1 Å². The van der Waals surface area contributed by atoms with E-state index in [1.807, 2.05) is 52.1 Å². The van der Waals surface area contributed by atoms with E-state index in [0.717, 1.165) is 22.8 Å². The molecule has 0 bridgehead atoms. The highest BCUT2D eigenvalue weighted by Crippen LogP contribution is 2.27. The Balaban J connectivity index is 1.49. The molecule has 0 saturated carbocycles. The zero-order valence-electron chi connectivity index (χ0n) is 19.9. The Morgan fingerprint density at radius 2 is 1.79 bits per heavy atom. The van der Waals surface area contributed by atoms with Gasteiger partial charge in [-0.05, 0) is 39.0 Å². The number of hydrogen-bond acceptors (Lipinski definition) is 9. The van der Waals surface area contributed by atoms with E-state index in [9.17, 15) is 4.79 Å². The van der Waals surface area contributed by atoms with Crippen molar-refractivity contribution < 1.29 is 9.53 Å². The number of carbonyl (C=O) groups excluding carboxylic acids is 1. The Morgan fingerprint density at radius 3 is 2.47 bits per heavy atom. The average molecular weight is 463 g/mol. The van der Waals surface area contributed by atoms with Crippen LogP contribution in [0.5, 0.6) is 0 Å². The first-order chi connectivity index (χ1) is 16.3. The van der Waals surface area contributed by atoms with E-state index in [-0.39, 0.29) is 6.09 Å². The maximum atomic E-state index is 12.4. The molecular weight excluding hydrogens is 432 g/mol. The van der Waals surface area contributed by atoms with Crippen LogP contribution in [0.4, 0.5) is 27.9 Å². The fraction of sp³-hybridized carbons (Fsp3) is 0.375. The molecule has 0 spiro atoms. The Hall–Kier alpha value is -3.95. The van der Waals surface area contributed by atoms with Gasteiger partial charge in [0.05, 0.1) is 11.9 Å². The standard InChI is InChI=1S/C24H30N8O2/c1-24(2,3)34-23(33)32-11-9-31(10-12-32)22-13-17(5-6-28-22)19-14-18(25-4)15-20(29-19)30-21-16-26-7-8-27-21/h5-8,13-16H,9-12H2,1-4H3,(H2,25,27,29,30). The Kier molecular flexibility index (Phi) is 6.76. The molecule has 10 nitrogen and oxygen atoms in total. The van der Waals surface area contributed by atoms with Gasteiger partial charge in [-0.1, -0.05) is 0 Å². The third-order valence-corrected chi connectivity index (χ3v) is 5.23. The molecule has 1 aliphatic heterocycles. The summed E-state index contributed by atoms with van der Waals surface area (Å²) in [6.45, 7) is 8.16. The molecule has 10 heteroatoms. The molecule has 178 valence electrons. The molecule has 1 aliphatic rings. The highest BCUT2D eigenvalue weighted by Gasteiger charge is 2.26. The molecule has 0 atom stereocenters. The fourth-order valence-electron chi connectivity index (χ4n) is 3.58. The van der Waals surface area contributed by atoms with Crippen LogP contribution in [0, 0.1) is 0 Å². The number of anilines is 4. The molecule has 1 amide bonds. The number of rotatable bonds is 5. The van der Waals surface area contributed by atoms with Crippen LogP contribution < -0.4 is 15.5 Å². The predicted octanol–water partition coefficient (Wildman–Crippen LogP) is 3.78. The first-order valence-electron chi connectivity index (χ1n) is 11.2. The second-order valence-corrected chi connectivity index (χ2v) is 8.95. The largest absolute Gasteiger partial charge is 0.444 e. The van der Waals surface area contributed by atoms with Crippen molar-refractivity contribution in [2.24, 2.45) is 0 Å². The minimum atomic E-state index is -0.500. The van der Waals surface area contributed by atoms with Crippen molar-refractivity contribution in [3.8, 4) is 11.3 Å². The summed E-state index contributed by atoms with van der Waals surface area (Å²) in [6.07, 6.45) is 6.41. The molecule has 4 heterocycles. The molecule has 2 N–H and O–H groups in total. The maximum Gasteiger partial charge on any atom is 0.410 e. The van der Waals surface area contributed by atoms with Crippen molar-refractivity contribution >= 4 is 29.2 Å². The third kappa shape index (κ3) is 5.89. The van der Waals surface area contributed by atoms with Gasteiger partial charge in [0.25, 0.3) is 0 Å². The molecule has 34 heavy (non-hydrogen) atoms. The normalized spacial score (nSPS) is 14.0. The lowest BCUT2D eigenvalue weighted by Gasteiger charge is -2.36. The summed E-state index contributed by atoms with van der Waals surface area (Å²) in [7, 11) is 1.87. The van der Waals surface area contributed by atoms with Gasteiger partial charge >= 0.3 is 6.09 Å². The predicted molar refractivity (Wildman–Crippen MR) is 132 cm³/mol. The summed E-state index contributed by atoms with van der Waals surface area (Å²) < 4.78 is 5.50. The summed E-state index contributed by atoms with van der Waals surface area (Å²) in [5, 5.41) is 6.38. The third-order valence-electron chi connectivity index (χ3n) is 5.23. The molecular formula is C24H30N8O2. The van der Waals surface area contributed by atoms with Crippen LogP contribution in [0.2, 0.25) is 0 Å². The van der Waals surface area contributed by atoms with Crippen molar-refractivity contribution in [1.29, 1.82) is 0 Å². The topological polar surface area (TPSA) is 108 Å². The van der Waals surface area contributed by atoms with Crippen molar-refractivity contribution in [2.45, 2.75) is 26.4 Å². The number of carbonyl (C=O) groups is 1. The SMILES string of the molecule is CNc1cc(Nc2cnccn2)nc(-c2ccnc(N3CCN(C(=O)OC(C)(C)C)CC3)c2)c1. The first-order valence-corrected chi connectivity index (χ1v) is 11.2. The van der Waals surface area contributed by atoms with Gasteiger partial charge in [-0.15, -0.1) is 0 Å². The highest BCUT2D eigenvalue weighted by molar-refractivity contribution is 5.71. The minimum absolute atomic E-state index is 0.273. The highest BCUT2D eigenvalue weighted by atomic mass is 16.6. The lowest BCUT2D eigenvalue weighted by molar-refractivity contribution is 0.0240. The smallest absolute Gasteiger partial charge is 0.410 e. The summed E-state index contributed by atoms with van der Waals surface area (Å²) in [6, 6.07) is 7.86. The monoisotopic (exact) mass is 462 g/mol. The molecule has 0 unspecified atom stereocenters. The Labute approximate surface area is 199 Å². The quantitative estimate of drug-likeness (QED) is 0.585. The van der Waals surface area contributed by atoms with Crippen molar-refractivity contribution in [3.05, 3.63) is 49.1 Å². The molecule has 0 aliphatic carbocycles. The van der Waals surface area contributed by atoms with Gasteiger partial charge in [-0.25, -0.2) is 19.7 Å². The molecule has 3 aromatic heterocycles. The summed E-state index contributed by atoms with van der Waals surface area (Å²) >= 11 is 0. The lowest BCUT2D eigenvalue weighted by Crippen LogP contribution is -2.50. The zero-order chi connectivity index (χ0) is 24.1. The number of hydrogen-bond donors (Lipinski definition) is 2. The van der Waals surface area contributed by atoms with Crippen molar-refractivity contribution in [1.82, 2.24) is 24.8 Å². The summed E-state index contributed by atoms with van der Waals surface area (Å²) in [4.78, 5) is 34.0. The average Bonchev–Trinajstić information content (AvgIpc) is 2.83. The number of ether oxygens (including phenoxy) is 1. The molecule has 1 saturated heterocycles. The summed E-state index contributed by atoms with van der Waals surface area (Å²) in [5.41, 5.74) is 2.16. The van der Waals surface area contributed by atoms with E-state index in [1.54, 1.807) is 29.7 Å². The van der Waals surface area contributed by atoms with E-state index < -0.39 is 5.60 Å². The van der Waals surface area contributed by atoms with Crippen molar-refractivity contribution in [2.75, 3.05) is 48.8 Å². The molecule has 0 radical (unpaired) electrons.